The summed E-state index contributed by atoms with van der Waals surface area (Å²) in [6.45, 7) is 1.46. The van der Waals surface area contributed by atoms with Gasteiger partial charge in [0, 0.05) is 56.2 Å². The molecule has 0 unspecified atom stereocenters. The van der Waals surface area contributed by atoms with Gasteiger partial charge in [-0.15, -0.1) is 0 Å². The summed E-state index contributed by atoms with van der Waals surface area (Å²) in [5, 5.41) is 16.0. The van der Waals surface area contributed by atoms with E-state index in [0.717, 1.165) is 12.1 Å². The van der Waals surface area contributed by atoms with Crippen molar-refractivity contribution in [3.05, 3.63) is 54.0 Å². The SMILES string of the molecule is CN(C(=O)Nc1cccc(C(F)(F)F)c1)C1CC2(C1)CN(C(=O)c1cnn3ccn(CCO)c13)C2. The van der Waals surface area contributed by atoms with E-state index in [9.17, 15) is 27.9 Å². The van der Waals surface area contributed by atoms with Gasteiger partial charge in [-0.1, -0.05) is 6.07 Å². The molecular weight excluding hydrogens is 465 g/mol. The number of nitrogens with one attached hydrogen (secondary N) is 1. The second-order valence-electron chi connectivity index (χ2n) is 9.38. The van der Waals surface area contributed by atoms with Gasteiger partial charge in [0.05, 0.1) is 18.4 Å². The van der Waals surface area contributed by atoms with Gasteiger partial charge < -0.3 is 24.8 Å². The highest BCUT2D eigenvalue weighted by Crippen LogP contribution is 2.50. The minimum atomic E-state index is -4.48. The molecule has 0 radical (unpaired) electrons. The average Bonchev–Trinajstić information content (AvgIpc) is 3.34. The Hall–Kier alpha value is -3.54. The van der Waals surface area contributed by atoms with Gasteiger partial charge in [0.1, 0.15) is 11.2 Å². The Morgan fingerprint density at radius 2 is 2.00 bits per heavy atom. The van der Waals surface area contributed by atoms with Gasteiger partial charge >= 0.3 is 12.2 Å². The Labute approximate surface area is 198 Å². The summed E-state index contributed by atoms with van der Waals surface area (Å²) in [5.41, 5.74) is 0.336. The first-order valence-electron chi connectivity index (χ1n) is 11.2. The van der Waals surface area contributed by atoms with E-state index in [0.29, 0.717) is 43.7 Å². The van der Waals surface area contributed by atoms with Crippen LogP contribution in [0.1, 0.15) is 28.8 Å². The molecule has 1 saturated carbocycles. The number of hydrogen-bond acceptors (Lipinski definition) is 4. The number of halogens is 3. The molecule has 1 aromatic carbocycles. The summed E-state index contributed by atoms with van der Waals surface area (Å²) in [6, 6.07) is 4.02. The Kier molecular flexibility index (Phi) is 5.50. The van der Waals surface area contributed by atoms with Crippen molar-refractivity contribution in [1.82, 2.24) is 24.0 Å². The predicted molar refractivity (Wildman–Crippen MR) is 120 cm³/mol. The summed E-state index contributed by atoms with van der Waals surface area (Å²) in [6.07, 6.45) is 1.98. The summed E-state index contributed by atoms with van der Waals surface area (Å²) < 4.78 is 42.1. The van der Waals surface area contributed by atoms with E-state index in [2.05, 4.69) is 10.4 Å². The molecule has 3 amide bonds. The highest BCUT2D eigenvalue weighted by atomic mass is 19.4. The fraction of sp³-hybridized carbons (Fsp3) is 0.435. The van der Waals surface area contributed by atoms with Crippen LogP contribution in [0.15, 0.2) is 42.9 Å². The Bertz CT molecular complexity index is 1270. The van der Waals surface area contributed by atoms with E-state index in [1.54, 1.807) is 33.4 Å². The first kappa shape index (κ1) is 23.2. The monoisotopic (exact) mass is 490 g/mol. The normalized spacial score (nSPS) is 17.3. The second-order valence-corrected chi connectivity index (χ2v) is 9.38. The highest BCUT2D eigenvalue weighted by Gasteiger charge is 2.55. The van der Waals surface area contributed by atoms with Gasteiger partial charge in [0.25, 0.3) is 5.91 Å². The molecular formula is C23H25F3N6O3. The molecule has 0 atom stereocenters. The molecule has 3 aromatic rings. The highest BCUT2D eigenvalue weighted by molar-refractivity contribution is 6.00. The number of benzene rings is 1. The van der Waals surface area contributed by atoms with Crippen molar-refractivity contribution in [2.24, 2.45) is 5.41 Å². The molecule has 2 aliphatic rings. The Morgan fingerprint density at radius 3 is 2.69 bits per heavy atom. The number of hydrogen-bond donors (Lipinski definition) is 2. The van der Waals surface area contributed by atoms with Gasteiger partial charge in [-0.05, 0) is 31.0 Å². The number of urea groups is 1. The van der Waals surface area contributed by atoms with E-state index < -0.39 is 17.8 Å². The maximum absolute atomic E-state index is 13.1. The smallest absolute Gasteiger partial charge is 0.395 e. The standard InChI is InChI=1S/C23H25F3N6O3/c1-29(21(35)28-16-4-2-3-15(9-16)23(24,25)26)17-10-22(11-17)13-31(14-22)20(34)18-12-27-32-6-5-30(7-8-33)19(18)32/h2-6,9,12,17,33H,7-8,10-11,13-14H2,1H3,(H,28,35). The van der Waals surface area contributed by atoms with Gasteiger partial charge in [0.2, 0.25) is 0 Å². The molecule has 2 N–H and O–H groups in total. The number of fused-ring (bicyclic) bond motifs is 1. The number of aliphatic hydroxyl groups is 1. The third kappa shape index (κ3) is 4.11. The van der Waals surface area contributed by atoms with Crippen LogP contribution in [0.4, 0.5) is 23.7 Å². The van der Waals surface area contributed by atoms with Crippen LogP contribution in [-0.2, 0) is 12.7 Å². The van der Waals surface area contributed by atoms with E-state index >= 15 is 0 Å². The molecule has 2 fully saturated rings. The van der Waals surface area contributed by atoms with Crippen LogP contribution in [0.2, 0.25) is 0 Å². The summed E-state index contributed by atoms with van der Waals surface area (Å²) in [4.78, 5) is 28.9. The van der Waals surface area contributed by atoms with Crippen LogP contribution in [0.25, 0.3) is 5.65 Å². The first-order chi connectivity index (χ1) is 16.6. The molecule has 186 valence electrons. The zero-order valence-corrected chi connectivity index (χ0v) is 19.0. The van der Waals surface area contributed by atoms with Crippen molar-refractivity contribution in [1.29, 1.82) is 0 Å². The Morgan fingerprint density at radius 1 is 1.26 bits per heavy atom. The van der Waals surface area contributed by atoms with E-state index in [1.807, 2.05) is 0 Å². The van der Waals surface area contributed by atoms with Crippen molar-refractivity contribution < 1.29 is 27.9 Å². The molecule has 35 heavy (non-hydrogen) atoms. The maximum Gasteiger partial charge on any atom is 0.416 e. The lowest BCUT2D eigenvalue weighted by Gasteiger charge is -2.60. The lowest BCUT2D eigenvalue weighted by atomic mass is 9.60. The molecule has 5 rings (SSSR count). The fourth-order valence-corrected chi connectivity index (χ4v) is 5.10. The fourth-order valence-electron chi connectivity index (χ4n) is 5.10. The predicted octanol–water partition coefficient (Wildman–Crippen LogP) is 2.92. The van der Waals surface area contributed by atoms with Crippen LogP contribution < -0.4 is 5.32 Å². The topological polar surface area (TPSA) is 95.1 Å². The molecule has 2 aromatic heterocycles. The number of carbonyl (C=O) groups is 2. The lowest BCUT2D eigenvalue weighted by Crippen LogP contribution is -2.67. The molecule has 1 aliphatic carbocycles. The third-order valence-electron chi connectivity index (χ3n) is 6.99. The third-order valence-corrected chi connectivity index (χ3v) is 6.99. The van der Waals surface area contributed by atoms with Gasteiger partial charge in [-0.25, -0.2) is 9.31 Å². The van der Waals surface area contributed by atoms with Crippen molar-refractivity contribution in [2.75, 3.05) is 32.1 Å². The van der Waals surface area contributed by atoms with Crippen molar-refractivity contribution in [2.45, 2.75) is 31.6 Å². The van der Waals surface area contributed by atoms with Crippen molar-refractivity contribution in [3.63, 3.8) is 0 Å². The molecule has 0 bridgehead atoms. The number of alkyl halides is 3. The van der Waals surface area contributed by atoms with Gasteiger partial charge in [-0.2, -0.15) is 18.3 Å². The summed E-state index contributed by atoms with van der Waals surface area (Å²) in [7, 11) is 1.63. The van der Waals surface area contributed by atoms with E-state index in [1.165, 1.54) is 23.2 Å². The minimum Gasteiger partial charge on any atom is -0.395 e. The molecule has 1 aliphatic heterocycles. The van der Waals surface area contributed by atoms with Crippen molar-refractivity contribution >= 4 is 23.3 Å². The molecule has 3 heterocycles. The van der Waals surface area contributed by atoms with E-state index in [4.69, 9.17) is 0 Å². The minimum absolute atomic E-state index is 0.0494. The molecule has 9 nitrogen and oxygen atoms in total. The number of imidazole rings is 1. The van der Waals surface area contributed by atoms with Crippen LogP contribution in [-0.4, -0.2) is 73.8 Å². The number of nitrogens with zero attached hydrogens (tertiary/aromatic N) is 5. The van der Waals surface area contributed by atoms with Crippen LogP contribution >= 0.6 is 0 Å². The first-order valence-corrected chi connectivity index (χ1v) is 11.2. The average molecular weight is 490 g/mol. The number of anilines is 1. The zero-order valence-electron chi connectivity index (χ0n) is 19.0. The zero-order chi connectivity index (χ0) is 25.0. The van der Waals surface area contributed by atoms with Crippen molar-refractivity contribution in [3.8, 4) is 0 Å². The number of aliphatic hydroxyl groups excluding tert-OH is 1. The number of rotatable bonds is 5. The van der Waals surface area contributed by atoms with Gasteiger partial charge in [0.15, 0.2) is 0 Å². The van der Waals surface area contributed by atoms with Crippen LogP contribution in [0, 0.1) is 5.41 Å². The second kappa shape index (κ2) is 8.29. The van der Waals surface area contributed by atoms with E-state index in [-0.39, 0.29) is 29.7 Å². The number of carbonyl (C=O) groups excluding carboxylic acids is 2. The molecule has 1 saturated heterocycles. The van der Waals surface area contributed by atoms with Gasteiger partial charge in [-0.3, -0.25) is 4.79 Å². The largest absolute Gasteiger partial charge is 0.416 e. The molecule has 1 spiro atoms. The quantitative estimate of drug-likeness (QED) is 0.575. The van der Waals surface area contributed by atoms with Crippen LogP contribution in [0.5, 0.6) is 0 Å². The summed E-state index contributed by atoms with van der Waals surface area (Å²) >= 11 is 0. The lowest BCUT2D eigenvalue weighted by molar-refractivity contribution is -0.137. The molecule has 12 heteroatoms. The number of likely N-dealkylation sites (tertiary alicyclic amines) is 1. The number of amides is 3. The number of aromatic nitrogens is 3. The maximum atomic E-state index is 13.1. The Balaban J connectivity index is 1.16. The van der Waals surface area contributed by atoms with Crippen LogP contribution in [0.3, 0.4) is 0 Å². The summed E-state index contributed by atoms with van der Waals surface area (Å²) in [5.74, 6) is -0.123.